The van der Waals surface area contributed by atoms with Crippen LogP contribution in [0.25, 0.3) is 0 Å². The quantitative estimate of drug-likeness (QED) is 0.547. The number of thiophene rings is 1. The monoisotopic (exact) mass is 512 g/mol. The summed E-state index contributed by atoms with van der Waals surface area (Å²) >= 11 is 4.47. The second-order valence-electron chi connectivity index (χ2n) is 6.52. The van der Waals surface area contributed by atoms with Crippen LogP contribution >= 0.6 is 27.3 Å². The Labute approximate surface area is 182 Å². The topological polar surface area (TPSA) is 83.6 Å². The fraction of sp³-hybridized carbons (Fsp3) is 0.158. The molecule has 10 heteroatoms. The molecule has 29 heavy (non-hydrogen) atoms. The molecule has 0 bridgehead atoms. The number of aryl methyl sites for hydroxylation is 1. The van der Waals surface area contributed by atoms with Gasteiger partial charge in [-0.05, 0) is 72.3 Å². The lowest BCUT2D eigenvalue weighted by atomic mass is 10.0. The standard InChI is InChI=1S/C19H17BrN2O4S3/c20-15-5-8-17(9-6-15)28(23,24)21-16-7-10-18-14(13-16)3-1-11-22(18)29(25,26)19-4-2-12-27-19/h2,4-10,12-13,21H,1,3,11H2. The number of hydrogen-bond acceptors (Lipinski definition) is 5. The Kier molecular flexibility index (Phi) is 5.45. The summed E-state index contributed by atoms with van der Waals surface area (Å²) in [6, 6.07) is 14.6. The molecule has 0 saturated heterocycles. The summed E-state index contributed by atoms with van der Waals surface area (Å²) in [5, 5.41) is 1.73. The van der Waals surface area contributed by atoms with E-state index < -0.39 is 20.0 Å². The Hall–Kier alpha value is -1.88. The fourth-order valence-electron chi connectivity index (χ4n) is 3.22. The van der Waals surface area contributed by atoms with Gasteiger partial charge < -0.3 is 0 Å². The van der Waals surface area contributed by atoms with Crippen molar-refractivity contribution in [2.24, 2.45) is 0 Å². The molecule has 0 fully saturated rings. The highest BCUT2D eigenvalue weighted by atomic mass is 79.9. The van der Waals surface area contributed by atoms with Crippen LogP contribution in [0, 0.1) is 0 Å². The van der Waals surface area contributed by atoms with E-state index in [9.17, 15) is 16.8 Å². The molecule has 152 valence electrons. The third-order valence-corrected chi connectivity index (χ3v) is 9.68. The normalized spacial score (nSPS) is 14.4. The average Bonchev–Trinajstić information content (AvgIpc) is 3.23. The predicted molar refractivity (Wildman–Crippen MR) is 119 cm³/mol. The van der Waals surface area contributed by atoms with Crippen molar-refractivity contribution in [1.29, 1.82) is 0 Å². The molecule has 0 saturated carbocycles. The molecule has 0 aliphatic carbocycles. The Morgan fingerprint density at radius 1 is 1.00 bits per heavy atom. The van der Waals surface area contributed by atoms with Gasteiger partial charge in [0.15, 0.2) is 0 Å². The van der Waals surface area contributed by atoms with Crippen LogP contribution in [0.15, 0.2) is 73.6 Å². The summed E-state index contributed by atoms with van der Waals surface area (Å²) in [7, 11) is -7.35. The van der Waals surface area contributed by atoms with Gasteiger partial charge in [-0.15, -0.1) is 11.3 Å². The van der Waals surface area contributed by atoms with Gasteiger partial charge in [0, 0.05) is 16.7 Å². The maximum atomic E-state index is 13.0. The van der Waals surface area contributed by atoms with Crippen molar-refractivity contribution in [3.63, 3.8) is 0 Å². The minimum Gasteiger partial charge on any atom is -0.280 e. The SMILES string of the molecule is O=S(=O)(Nc1ccc2c(c1)CCCN2S(=O)(=O)c1cccs1)c1ccc(Br)cc1. The van der Waals surface area contributed by atoms with Crippen molar-refractivity contribution in [1.82, 2.24) is 0 Å². The van der Waals surface area contributed by atoms with Gasteiger partial charge in [0.1, 0.15) is 4.21 Å². The Morgan fingerprint density at radius 3 is 2.45 bits per heavy atom. The van der Waals surface area contributed by atoms with E-state index in [4.69, 9.17) is 0 Å². The third-order valence-electron chi connectivity index (χ3n) is 4.57. The number of anilines is 2. The fourth-order valence-corrected chi connectivity index (χ4v) is 7.18. The first kappa shape index (κ1) is 20.4. The lowest BCUT2D eigenvalue weighted by Crippen LogP contribution is -2.35. The molecular formula is C19H17BrN2O4S3. The number of benzene rings is 2. The van der Waals surface area contributed by atoms with Crippen LogP contribution in [0.1, 0.15) is 12.0 Å². The van der Waals surface area contributed by atoms with Gasteiger partial charge in [-0.1, -0.05) is 22.0 Å². The first-order valence-corrected chi connectivity index (χ1v) is 13.3. The molecule has 0 spiro atoms. The first-order chi connectivity index (χ1) is 13.8. The third kappa shape index (κ3) is 4.07. The minimum atomic E-state index is -3.74. The molecule has 0 radical (unpaired) electrons. The molecule has 1 aliphatic heterocycles. The number of fused-ring (bicyclic) bond motifs is 1. The van der Waals surface area contributed by atoms with Crippen molar-refractivity contribution in [2.75, 3.05) is 15.6 Å². The molecule has 1 aromatic heterocycles. The molecule has 1 aliphatic rings. The van der Waals surface area contributed by atoms with Crippen molar-refractivity contribution < 1.29 is 16.8 Å². The van der Waals surface area contributed by atoms with E-state index in [1.807, 2.05) is 0 Å². The number of hydrogen-bond donors (Lipinski definition) is 1. The zero-order chi connectivity index (χ0) is 20.6. The molecular weight excluding hydrogens is 496 g/mol. The maximum Gasteiger partial charge on any atom is 0.273 e. The number of nitrogens with one attached hydrogen (secondary N) is 1. The highest BCUT2D eigenvalue weighted by Gasteiger charge is 2.30. The zero-order valence-corrected chi connectivity index (χ0v) is 19.1. The van der Waals surface area contributed by atoms with E-state index in [-0.39, 0.29) is 4.90 Å². The summed E-state index contributed by atoms with van der Waals surface area (Å²) in [6.07, 6.45) is 1.35. The average molecular weight is 513 g/mol. The highest BCUT2D eigenvalue weighted by Crippen LogP contribution is 2.35. The second kappa shape index (κ2) is 7.75. The van der Waals surface area contributed by atoms with Gasteiger partial charge in [-0.25, -0.2) is 16.8 Å². The molecule has 3 aromatic rings. The largest absolute Gasteiger partial charge is 0.280 e. The van der Waals surface area contributed by atoms with Gasteiger partial charge in [-0.2, -0.15) is 0 Å². The van der Waals surface area contributed by atoms with E-state index >= 15 is 0 Å². The number of rotatable bonds is 5. The van der Waals surface area contributed by atoms with Crippen LogP contribution in [0.2, 0.25) is 0 Å². The summed E-state index contributed by atoms with van der Waals surface area (Å²) in [5.74, 6) is 0. The van der Waals surface area contributed by atoms with Gasteiger partial charge >= 0.3 is 0 Å². The van der Waals surface area contributed by atoms with E-state index in [0.29, 0.717) is 35.0 Å². The van der Waals surface area contributed by atoms with Crippen molar-refractivity contribution in [2.45, 2.75) is 21.9 Å². The minimum absolute atomic E-state index is 0.153. The molecule has 1 N–H and O–H groups in total. The van der Waals surface area contributed by atoms with Crippen molar-refractivity contribution in [3.8, 4) is 0 Å². The van der Waals surface area contributed by atoms with Gasteiger partial charge in [-0.3, -0.25) is 9.03 Å². The molecule has 0 unspecified atom stereocenters. The van der Waals surface area contributed by atoms with E-state index in [2.05, 4.69) is 20.7 Å². The molecule has 4 rings (SSSR count). The van der Waals surface area contributed by atoms with Crippen LogP contribution < -0.4 is 9.03 Å². The zero-order valence-electron chi connectivity index (χ0n) is 15.1. The maximum absolute atomic E-state index is 13.0. The molecule has 2 aromatic carbocycles. The number of nitrogens with zero attached hydrogens (tertiary/aromatic N) is 1. The van der Waals surface area contributed by atoms with Crippen LogP contribution in [-0.2, 0) is 26.5 Å². The molecule has 0 amide bonds. The predicted octanol–water partition coefficient (Wildman–Crippen LogP) is 4.45. The van der Waals surface area contributed by atoms with Crippen LogP contribution in [-0.4, -0.2) is 23.4 Å². The summed E-state index contributed by atoms with van der Waals surface area (Å²) in [4.78, 5) is 0.153. The second-order valence-corrected chi connectivity index (χ2v) is 12.2. The Bertz CT molecular complexity index is 1240. The summed E-state index contributed by atoms with van der Waals surface area (Å²) < 4.78 is 56.2. The summed E-state index contributed by atoms with van der Waals surface area (Å²) in [5.41, 5.74) is 1.80. The van der Waals surface area contributed by atoms with Crippen LogP contribution in [0.5, 0.6) is 0 Å². The Morgan fingerprint density at radius 2 is 1.76 bits per heavy atom. The van der Waals surface area contributed by atoms with E-state index in [1.54, 1.807) is 47.8 Å². The van der Waals surface area contributed by atoms with E-state index in [0.717, 1.165) is 10.0 Å². The highest BCUT2D eigenvalue weighted by molar-refractivity contribution is 9.10. The van der Waals surface area contributed by atoms with Gasteiger partial charge in [0.25, 0.3) is 20.0 Å². The molecule has 6 nitrogen and oxygen atoms in total. The van der Waals surface area contributed by atoms with Crippen molar-refractivity contribution >= 4 is 58.7 Å². The van der Waals surface area contributed by atoms with Crippen LogP contribution in [0.4, 0.5) is 11.4 Å². The summed E-state index contributed by atoms with van der Waals surface area (Å²) in [6.45, 7) is 0.400. The van der Waals surface area contributed by atoms with Crippen LogP contribution in [0.3, 0.4) is 0 Å². The number of sulfonamides is 2. The first-order valence-electron chi connectivity index (χ1n) is 8.75. The van der Waals surface area contributed by atoms with Gasteiger partial charge in [0.2, 0.25) is 0 Å². The van der Waals surface area contributed by atoms with Crippen molar-refractivity contribution in [3.05, 3.63) is 70.0 Å². The Balaban J connectivity index is 1.65. The molecule has 0 atom stereocenters. The number of halogens is 1. The van der Waals surface area contributed by atoms with Gasteiger partial charge in [0.05, 0.1) is 10.6 Å². The van der Waals surface area contributed by atoms with E-state index in [1.165, 1.54) is 27.8 Å². The lowest BCUT2D eigenvalue weighted by Gasteiger charge is -2.30. The molecule has 2 heterocycles. The lowest BCUT2D eigenvalue weighted by molar-refractivity contribution is 0.588. The smallest absolute Gasteiger partial charge is 0.273 e.